The number of hydrogen-bond acceptors (Lipinski definition) is 4. The second kappa shape index (κ2) is 12.0. The first-order chi connectivity index (χ1) is 16.8. The van der Waals surface area contributed by atoms with Gasteiger partial charge in [-0.25, -0.2) is 0 Å². The highest BCUT2D eigenvalue weighted by Gasteiger charge is 2.08. The summed E-state index contributed by atoms with van der Waals surface area (Å²) >= 11 is 0. The predicted molar refractivity (Wildman–Crippen MR) is 138 cm³/mol. The number of rotatable bonds is 8. The van der Waals surface area contributed by atoms with Gasteiger partial charge in [0.05, 0.1) is 12.7 Å². The molecular weight excluding hydrogens is 444 g/mol. The number of aryl methyl sites for hydroxylation is 2. The SMILES string of the molecule is CCOc1ccc(Cc2c(C)[nH][nH]c2=O)cc1.Cc1[nH][nH]c(=O)c1Cc1ccc(OC(C)C)cc1. The molecule has 0 unspecified atom stereocenters. The van der Waals surface area contributed by atoms with Crippen LogP contribution < -0.4 is 20.6 Å². The summed E-state index contributed by atoms with van der Waals surface area (Å²) in [6.07, 6.45) is 1.44. The van der Waals surface area contributed by atoms with Gasteiger partial charge in [0.15, 0.2) is 0 Å². The maximum atomic E-state index is 11.5. The molecule has 2 heterocycles. The molecule has 0 radical (unpaired) electrons. The van der Waals surface area contributed by atoms with Gasteiger partial charge >= 0.3 is 0 Å². The topological polar surface area (TPSA) is 116 Å². The zero-order chi connectivity index (χ0) is 25.4. The Morgan fingerprint density at radius 1 is 0.686 bits per heavy atom. The van der Waals surface area contributed by atoms with E-state index in [1.165, 1.54) is 0 Å². The molecule has 0 bridgehead atoms. The Hall–Kier alpha value is -3.94. The van der Waals surface area contributed by atoms with Gasteiger partial charge in [0.2, 0.25) is 0 Å². The van der Waals surface area contributed by atoms with E-state index in [-0.39, 0.29) is 17.2 Å². The highest BCUT2D eigenvalue weighted by atomic mass is 16.5. The van der Waals surface area contributed by atoms with Crippen molar-refractivity contribution in [1.29, 1.82) is 0 Å². The molecule has 2 aromatic heterocycles. The van der Waals surface area contributed by atoms with Gasteiger partial charge in [-0.1, -0.05) is 24.3 Å². The average Bonchev–Trinajstić information content (AvgIpc) is 3.32. The van der Waals surface area contributed by atoms with Crippen molar-refractivity contribution >= 4 is 0 Å². The van der Waals surface area contributed by atoms with Crippen LogP contribution in [0.4, 0.5) is 0 Å². The lowest BCUT2D eigenvalue weighted by atomic mass is 10.1. The molecule has 0 aliphatic carbocycles. The van der Waals surface area contributed by atoms with Crippen molar-refractivity contribution in [2.45, 2.75) is 53.6 Å². The largest absolute Gasteiger partial charge is 0.494 e. The van der Waals surface area contributed by atoms with Crippen molar-refractivity contribution in [3.8, 4) is 11.5 Å². The smallest absolute Gasteiger partial charge is 0.267 e. The molecule has 4 aromatic rings. The van der Waals surface area contributed by atoms with Crippen LogP contribution in [0.5, 0.6) is 11.5 Å². The van der Waals surface area contributed by atoms with Crippen LogP contribution in [-0.2, 0) is 12.8 Å². The number of nitrogens with one attached hydrogen (secondary N) is 4. The number of aromatic nitrogens is 4. The fourth-order valence-corrected chi connectivity index (χ4v) is 3.61. The van der Waals surface area contributed by atoms with Crippen LogP contribution in [-0.4, -0.2) is 33.1 Å². The first-order valence-electron chi connectivity index (χ1n) is 11.8. The Morgan fingerprint density at radius 2 is 1.11 bits per heavy atom. The van der Waals surface area contributed by atoms with E-state index >= 15 is 0 Å². The molecular formula is C27H34N4O4. The van der Waals surface area contributed by atoms with Gasteiger partial charge in [-0.2, -0.15) is 0 Å². The van der Waals surface area contributed by atoms with E-state index in [2.05, 4.69) is 20.4 Å². The molecule has 0 fully saturated rings. The zero-order valence-electron chi connectivity index (χ0n) is 21.0. The zero-order valence-corrected chi connectivity index (χ0v) is 21.0. The van der Waals surface area contributed by atoms with E-state index in [9.17, 15) is 9.59 Å². The highest BCUT2D eigenvalue weighted by Crippen LogP contribution is 2.16. The summed E-state index contributed by atoms with van der Waals surface area (Å²) < 4.78 is 10.9. The maximum Gasteiger partial charge on any atom is 0.267 e. The summed E-state index contributed by atoms with van der Waals surface area (Å²) in [5.41, 5.74) is 5.46. The molecule has 4 rings (SSSR count). The highest BCUT2D eigenvalue weighted by molar-refractivity contribution is 5.33. The standard InChI is InChI=1S/C14H18N2O2.C13H16N2O2/c1-9(2)18-12-6-4-11(5-7-12)8-13-10(3)15-16-14(13)17;1-3-17-11-6-4-10(5-7-11)8-12-9(2)14-15-13(12)16/h4-7,9H,8H2,1-3H3,(H2,15,16,17);4-7H,3,8H2,1-2H3,(H2,14,15,16). The third-order valence-corrected chi connectivity index (χ3v) is 5.47. The molecule has 0 saturated heterocycles. The molecule has 0 atom stereocenters. The minimum absolute atomic E-state index is 0.0450. The van der Waals surface area contributed by atoms with Crippen LogP contribution >= 0.6 is 0 Å². The van der Waals surface area contributed by atoms with Crippen molar-refractivity contribution in [2.24, 2.45) is 0 Å². The first kappa shape index (κ1) is 25.7. The lowest BCUT2D eigenvalue weighted by Gasteiger charge is -2.09. The molecule has 2 aromatic carbocycles. The molecule has 4 N–H and O–H groups in total. The van der Waals surface area contributed by atoms with Crippen LogP contribution in [0.1, 0.15) is 54.4 Å². The van der Waals surface area contributed by atoms with Crippen molar-refractivity contribution in [2.75, 3.05) is 6.61 Å². The Kier molecular flexibility index (Phi) is 8.78. The molecule has 186 valence electrons. The molecule has 0 aliphatic heterocycles. The molecule has 35 heavy (non-hydrogen) atoms. The van der Waals surface area contributed by atoms with E-state index in [1.54, 1.807) is 0 Å². The Bertz CT molecular complexity index is 1310. The lowest BCUT2D eigenvalue weighted by Crippen LogP contribution is -2.07. The van der Waals surface area contributed by atoms with Crippen LogP contribution in [0.25, 0.3) is 0 Å². The molecule has 8 heteroatoms. The fraction of sp³-hybridized carbons (Fsp3) is 0.333. The Balaban J connectivity index is 0.000000196. The summed E-state index contributed by atoms with van der Waals surface area (Å²) in [7, 11) is 0. The van der Waals surface area contributed by atoms with Gasteiger partial charge in [-0.3, -0.25) is 19.8 Å². The molecule has 0 saturated carbocycles. The first-order valence-corrected chi connectivity index (χ1v) is 11.8. The van der Waals surface area contributed by atoms with Gasteiger partial charge in [-0.15, -0.1) is 0 Å². The normalized spacial score (nSPS) is 10.7. The van der Waals surface area contributed by atoms with Gasteiger partial charge < -0.3 is 19.7 Å². The van der Waals surface area contributed by atoms with E-state index < -0.39 is 0 Å². The number of benzene rings is 2. The Morgan fingerprint density at radius 3 is 1.46 bits per heavy atom. The summed E-state index contributed by atoms with van der Waals surface area (Å²) in [4.78, 5) is 23.0. The summed E-state index contributed by atoms with van der Waals surface area (Å²) in [6, 6.07) is 15.7. The summed E-state index contributed by atoms with van der Waals surface area (Å²) in [5.74, 6) is 1.71. The maximum absolute atomic E-state index is 11.5. The van der Waals surface area contributed by atoms with Crippen molar-refractivity contribution < 1.29 is 9.47 Å². The van der Waals surface area contributed by atoms with Crippen LogP contribution in [0, 0.1) is 13.8 Å². The molecule has 0 amide bonds. The van der Waals surface area contributed by atoms with Gasteiger partial charge in [0.1, 0.15) is 11.5 Å². The van der Waals surface area contributed by atoms with Crippen molar-refractivity contribution in [1.82, 2.24) is 20.4 Å². The molecule has 0 spiro atoms. The van der Waals surface area contributed by atoms with Gasteiger partial charge in [0, 0.05) is 35.4 Å². The van der Waals surface area contributed by atoms with Crippen LogP contribution in [0.15, 0.2) is 58.1 Å². The minimum atomic E-state index is -0.0463. The second-order valence-electron chi connectivity index (χ2n) is 8.61. The lowest BCUT2D eigenvalue weighted by molar-refractivity contribution is 0.242. The monoisotopic (exact) mass is 478 g/mol. The fourth-order valence-electron chi connectivity index (χ4n) is 3.61. The van der Waals surface area contributed by atoms with Crippen LogP contribution in [0.2, 0.25) is 0 Å². The molecule has 8 nitrogen and oxygen atoms in total. The van der Waals surface area contributed by atoms with Gasteiger partial charge in [-0.05, 0) is 70.0 Å². The third-order valence-electron chi connectivity index (χ3n) is 5.47. The summed E-state index contributed by atoms with van der Waals surface area (Å²) in [6.45, 7) is 10.4. The quantitative estimate of drug-likeness (QED) is 0.301. The van der Waals surface area contributed by atoms with Gasteiger partial charge in [0.25, 0.3) is 11.1 Å². The van der Waals surface area contributed by atoms with E-state index in [1.807, 2.05) is 83.1 Å². The predicted octanol–water partition coefficient (Wildman–Crippen LogP) is 4.39. The van der Waals surface area contributed by atoms with Crippen molar-refractivity contribution in [3.05, 3.63) is 103 Å². The summed E-state index contributed by atoms with van der Waals surface area (Å²) in [5, 5.41) is 10.8. The number of aromatic amines is 4. The second-order valence-corrected chi connectivity index (χ2v) is 8.61. The number of H-pyrrole nitrogens is 4. The van der Waals surface area contributed by atoms with Crippen molar-refractivity contribution in [3.63, 3.8) is 0 Å². The number of hydrogen-bond donors (Lipinski definition) is 4. The third kappa shape index (κ3) is 7.27. The minimum Gasteiger partial charge on any atom is -0.494 e. The van der Waals surface area contributed by atoms with Crippen LogP contribution in [0.3, 0.4) is 0 Å². The van der Waals surface area contributed by atoms with E-state index in [0.29, 0.717) is 19.4 Å². The van der Waals surface area contributed by atoms with E-state index in [4.69, 9.17) is 9.47 Å². The Labute approximate surface area is 204 Å². The average molecular weight is 479 g/mol. The van der Waals surface area contributed by atoms with E-state index in [0.717, 1.165) is 45.1 Å². The number of ether oxygens (including phenoxy) is 2. The molecule has 0 aliphatic rings.